The molecule has 4 nitrogen and oxygen atoms in total. The van der Waals surface area contributed by atoms with Crippen molar-refractivity contribution in [2.45, 2.75) is 27.2 Å². The minimum atomic E-state index is -0.00319. The monoisotopic (exact) mass is 261 g/mol. The largest absolute Gasteiger partial charge is 0.272 e. The summed E-state index contributed by atoms with van der Waals surface area (Å²) < 4.78 is 1.07. The van der Waals surface area contributed by atoms with Gasteiger partial charge in [0, 0.05) is 5.71 Å². The summed E-state index contributed by atoms with van der Waals surface area (Å²) >= 11 is 1.49. The Hall–Kier alpha value is -1.75. The van der Waals surface area contributed by atoms with E-state index in [1.165, 1.54) is 16.3 Å². The number of rotatable bonds is 1. The van der Waals surface area contributed by atoms with Gasteiger partial charge in [-0.15, -0.1) is 0 Å². The molecule has 0 atom stereocenters. The molecule has 1 amide bonds. The first-order chi connectivity index (χ1) is 8.74. The van der Waals surface area contributed by atoms with E-state index in [-0.39, 0.29) is 5.91 Å². The molecule has 0 unspecified atom stereocenters. The molecule has 2 aromatic rings. The zero-order chi connectivity index (χ0) is 13.1. The lowest BCUT2D eigenvalue weighted by atomic mass is 10.3. The Morgan fingerprint density at radius 3 is 2.61 bits per heavy atom. The third-order valence-electron chi connectivity index (χ3n) is 2.38. The number of fused-ring (bicyclic) bond motifs is 1. The van der Waals surface area contributed by atoms with Crippen molar-refractivity contribution in [3.8, 4) is 0 Å². The van der Waals surface area contributed by atoms with Crippen LogP contribution >= 0.6 is 11.3 Å². The SMILES string of the molecule is CC.CC1=NN(c2nc3ccccc3s2)C(=O)C1. The Morgan fingerprint density at radius 2 is 2.00 bits per heavy atom. The quantitative estimate of drug-likeness (QED) is 0.789. The highest BCUT2D eigenvalue weighted by atomic mass is 32.1. The summed E-state index contributed by atoms with van der Waals surface area (Å²) in [6, 6.07) is 7.83. The van der Waals surface area contributed by atoms with E-state index in [0.29, 0.717) is 11.6 Å². The van der Waals surface area contributed by atoms with Gasteiger partial charge in [0.2, 0.25) is 5.13 Å². The van der Waals surface area contributed by atoms with Crippen LogP contribution in [0.1, 0.15) is 27.2 Å². The molecule has 18 heavy (non-hydrogen) atoms. The number of amides is 1. The van der Waals surface area contributed by atoms with E-state index in [2.05, 4.69) is 10.1 Å². The lowest BCUT2D eigenvalue weighted by molar-refractivity contribution is -0.116. The van der Waals surface area contributed by atoms with Crippen LogP contribution in [0.3, 0.4) is 0 Å². The average molecular weight is 261 g/mol. The van der Waals surface area contributed by atoms with Crippen molar-refractivity contribution in [1.29, 1.82) is 0 Å². The Bertz CT molecular complexity index is 570. The fourth-order valence-corrected chi connectivity index (χ4v) is 2.59. The summed E-state index contributed by atoms with van der Waals surface area (Å²) in [6.45, 7) is 5.85. The number of hydrogen-bond donors (Lipinski definition) is 0. The van der Waals surface area contributed by atoms with Gasteiger partial charge in [-0.25, -0.2) is 4.98 Å². The topological polar surface area (TPSA) is 45.6 Å². The summed E-state index contributed by atoms with van der Waals surface area (Å²) in [4.78, 5) is 16.0. The van der Waals surface area contributed by atoms with Crippen LogP contribution in [0.2, 0.25) is 0 Å². The van der Waals surface area contributed by atoms with E-state index < -0.39 is 0 Å². The molecule has 0 fully saturated rings. The van der Waals surface area contributed by atoms with E-state index in [1.807, 2.05) is 45.0 Å². The van der Waals surface area contributed by atoms with E-state index in [0.717, 1.165) is 15.9 Å². The maximum atomic E-state index is 11.6. The van der Waals surface area contributed by atoms with Crippen LogP contribution in [0.4, 0.5) is 5.13 Å². The van der Waals surface area contributed by atoms with E-state index in [1.54, 1.807) is 0 Å². The number of aromatic nitrogens is 1. The highest BCUT2D eigenvalue weighted by Gasteiger charge is 2.25. The van der Waals surface area contributed by atoms with Crippen LogP contribution in [-0.2, 0) is 4.79 Å². The number of thiazole rings is 1. The number of carbonyl (C=O) groups is 1. The Morgan fingerprint density at radius 1 is 1.28 bits per heavy atom. The summed E-state index contributed by atoms with van der Waals surface area (Å²) in [5.74, 6) is -0.00319. The van der Waals surface area contributed by atoms with Crippen LogP contribution < -0.4 is 5.01 Å². The highest BCUT2D eigenvalue weighted by molar-refractivity contribution is 7.22. The second-order valence-electron chi connectivity index (χ2n) is 3.68. The molecule has 0 N–H and O–H groups in total. The molecule has 3 rings (SSSR count). The predicted molar refractivity (Wildman–Crippen MR) is 76.2 cm³/mol. The average Bonchev–Trinajstić information content (AvgIpc) is 2.94. The van der Waals surface area contributed by atoms with Crippen molar-refractivity contribution in [3.63, 3.8) is 0 Å². The van der Waals surface area contributed by atoms with Crippen LogP contribution in [0.5, 0.6) is 0 Å². The Balaban J connectivity index is 0.000000574. The van der Waals surface area contributed by atoms with Crippen LogP contribution in [0.15, 0.2) is 29.4 Å². The van der Waals surface area contributed by atoms with Gasteiger partial charge < -0.3 is 0 Å². The van der Waals surface area contributed by atoms with E-state index >= 15 is 0 Å². The van der Waals surface area contributed by atoms with Gasteiger partial charge in [-0.3, -0.25) is 4.79 Å². The third-order valence-corrected chi connectivity index (χ3v) is 3.39. The van der Waals surface area contributed by atoms with Gasteiger partial charge in [0.1, 0.15) is 0 Å². The number of para-hydroxylation sites is 1. The standard InChI is InChI=1S/C11H9N3OS.C2H6/c1-7-6-10(15)14(13-7)11-12-8-4-2-3-5-9(8)16-11;1-2/h2-5H,6H2,1H3;1-2H3. The van der Waals surface area contributed by atoms with Gasteiger partial charge >= 0.3 is 0 Å². The van der Waals surface area contributed by atoms with Gasteiger partial charge in [0.15, 0.2) is 0 Å². The van der Waals surface area contributed by atoms with Crippen molar-refractivity contribution < 1.29 is 4.79 Å². The molecule has 5 heteroatoms. The highest BCUT2D eigenvalue weighted by Crippen LogP contribution is 2.30. The summed E-state index contributed by atoms with van der Waals surface area (Å²) in [5.41, 5.74) is 1.75. The molecular formula is C13H15N3OS. The number of anilines is 1. The first kappa shape index (κ1) is 12.7. The number of carbonyl (C=O) groups excluding carboxylic acids is 1. The second-order valence-corrected chi connectivity index (χ2v) is 4.69. The van der Waals surface area contributed by atoms with Gasteiger partial charge in [-0.2, -0.15) is 10.1 Å². The smallest absolute Gasteiger partial charge is 0.255 e. The van der Waals surface area contributed by atoms with Crippen molar-refractivity contribution in [2.24, 2.45) is 5.10 Å². The molecule has 1 aliphatic heterocycles. The van der Waals surface area contributed by atoms with Gasteiger partial charge in [0.25, 0.3) is 5.91 Å². The fraction of sp³-hybridized carbons (Fsp3) is 0.308. The maximum Gasteiger partial charge on any atom is 0.255 e. The van der Waals surface area contributed by atoms with Crippen molar-refractivity contribution in [3.05, 3.63) is 24.3 Å². The molecule has 1 aromatic carbocycles. The van der Waals surface area contributed by atoms with Crippen molar-refractivity contribution in [2.75, 3.05) is 5.01 Å². The number of hydrogen-bond acceptors (Lipinski definition) is 4. The lowest BCUT2D eigenvalue weighted by Gasteiger charge is -2.05. The molecule has 1 aliphatic rings. The molecule has 0 radical (unpaired) electrons. The molecule has 0 aliphatic carbocycles. The van der Waals surface area contributed by atoms with Crippen molar-refractivity contribution in [1.82, 2.24) is 4.98 Å². The molecule has 0 saturated carbocycles. The number of nitrogens with zero attached hydrogens (tertiary/aromatic N) is 3. The van der Waals surface area contributed by atoms with Gasteiger partial charge in [-0.1, -0.05) is 37.3 Å². The van der Waals surface area contributed by atoms with E-state index in [9.17, 15) is 4.79 Å². The third kappa shape index (κ3) is 2.26. The minimum Gasteiger partial charge on any atom is -0.272 e. The zero-order valence-electron chi connectivity index (χ0n) is 10.7. The molecule has 2 heterocycles. The minimum absolute atomic E-state index is 0.00319. The normalized spacial score (nSPS) is 14.5. The summed E-state index contributed by atoms with van der Waals surface area (Å²) in [7, 11) is 0. The molecular weight excluding hydrogens is 246 g/mol. The van der Waals surface area contributed by atoms with Gasteiger partial charge in [-0.05, 0) is 19.1 Å². The number of benzene rings is 1. The Labute approximate surface area is 110 Å². The van der Waals surface area contributed by atoms with Gasteiger partial charge in [0.05, 0.1) is 16.6 Å². The first-order valence-electron chi connectivity index (χ1n) is 5.96. The zero-order valence-corrected chi connectivity index (χ0v) is 11.5. The first-order valence-corrected chi connectivity index (χ1v) is 6.78. The van der Waals surface area contributed by atoms with E-state index in [4.69, 9.17) is 0 Å². The Kier molecular flexibility index (Phi) is 3.72. The maximum absolute atomic E-state index is 11.6. The molecule has 0 spiro atoms. The van der Waals surface area contributed by atoms with Crippen LogP contribution in [0, 0.1) is 0 Å². The second kappa shape index (κ2) is 5.27. The van der Waals surface area contributed by atoms with Crippen LogP contribution in [-0.4, -0.2) is 16.6 Å². The molecule has 1 aromatic heterocycles. The predicted octanol–water partition coefficient (Wildman–Crippen LogP) is 3.44. The summed E-state index contributed by atoms with van der Waals surface area (Å²) in [6.07, 6.45) is 0.399. The summed E-state index contributed by atoms with van der Waals surface area (Å²) in [5, 5.41) is 6.24. The molecule has 0 saturated heterocycles. The van der Waals surface area contributed by atoms with Crippen LogP contribution in [0.25, 0.3) is 10.2 Å². The lowest BCUT2D eigenvalue weighted by Crippen LogP contribution is -2.19. The fourth-order valence-electron chi connectivity index (χ4n) is 1.66. The molecule has 94 valence electrons. The van der Waals surface area contributed by atoms with Crippen molar-refractivity contribution >= 4 is 38.3 Å². The molecule has 0 bridgehead atoms. The number of hydrazone groups is 1.